The largest absolute Gasteiger partial charge is 0.756 e. The molecule has 2 unspecified atom stereocenters. The van der Waals surface area contributed by atoms with Gasteiger partial charge < -0.3 is 27.9 Å². The summed E-state index contributed by atoms with van der Waals surface area (Å²) in [4.78, 5) is 37.7. The Morgan fingerprint density at radius 1 is 0.432 bits per heavy atom. The number of carbonyl (C=O) groups excluding carboxylic acids is 2. The highest BCUT2D eigenvalue weighted by molar-refractivity contribution is 7.45. The average Bonchev–Trinajstić information content (AvgIpc) is 3.36. The third-order valence-electron chi connectivity index (χ3n) is 12.3. The summed E-state index contributed by atoms with van der Waals surface area (Å²) in [5.41, 5.74) is 0. The topological polar surface area (TPSA) is 111 Å². The van der Waals surface area contributed by atoms with Gasteiger partial charge in [0.25, 0.3) is 7.82 Å². The van der Waals surface area contributed by atoms with E-state index in [4.69, 9.17) is 18.5 Å². The highest BCUT2D eigenvalue weighted by Crippen LogP contribution is 2.38. The van der Waals surface area contributed by atoms with E-state index in [-0.39, 0.29) is 32.0 Å². The summed E-state index contributed by atoms with van der Waals surface area (Å²) in [5.74, 6) is -0.839. The van der Waals surface area contributed by atoms with E-state index in [9.17, 15) is 19.0 Å². The minimum absolute atomic E-state index is 0.0342. The van der Waals surface area contributed by atoms with Crippen molar-refractivity contribution in [2.24, 2.45) is 0 Å². The Hall–Kier alpha value is -3.33. The van der Waals surface area contributed by atoms with Crippen molar-refractivity contribution < 1.29 is 42.1 Å². The number of unbranched alkanes of at least 4 members (excludes halogenated alkanes) is 21. The molecule has 0 saturated heterocycles. The van der Waals surface area contributed by atoms with E-state index >= 15 is 0 Å². The molecule has 10 heteroatoms. The molecule has 0 aromatic carbocycles. The Morgan fingerprint density at radius 2 is 0.770 bits per heavy atom. The second kappa shape index (κ2) is 54.5. The monoisotopic (exact) mass is 1050 g/mol. The molecule has 0 saturated carbocycles. The number of hydrogen-bond donors (Lipinski definition) is 0. The zero-order valence-corrected chi connectivity index (χ0v) is 48.9. The van der Waals surface area contributed by atoms with Gasteiger partial charge in [0.2, 0.25) is 0 Å². The molecule has 0 aliphatic rings. The first-order chi connectivity index (χ1) is 36.0. The summed E-state index contributed by atoms with van der Waals surface area (Å²) < 4.78 is 34.0. The maximum Gasteiger partial charge on any atom is 0.306 e. The number of esters is 2. The third-order valence-corrected chi connectivity index (χ3v) is 13.3. The van der Waals surface area contributed by atoms with Crippen LogP contribution in [0.3, 0.4) is 0 Å². The van der Waals surface area contributed by atoms with Gasteiger partial charge in [-0.1, -0.05) is 245 Å². The van der Waals surface area contributed by atoms with Crippen molar-refractivity contribution in [2.45, 2.75) is 238 Å². The Balaban J connectivity index is 4.04. The molecular weight excluding hydrogens is 942 g/mol. The van der Waals surface area contributed by atoms with Crippen LogP contribution in [0.25, 0.3) is 0 Å². The maximum atomic E-state index is 12.8. The molecular formula is C64H110NO8P. The normalized spacial score (nSPS) is 14.1. The van der Waals surface area contributed by atoms with Gasteiger partial charge in [0.15, 0.2) is 6.10 Å². The Morgan fingerprint density at radius 3 is 1.15 bits per heavy atom. The van der Waals surface area contributed by atoms with Crippen molar-refractivity contribution in [3.05, 3.63) is 109 Å². The molecule has 0 N–H and O–H groups in total. The molecule has 0 amide bonds. The van der Waals surface area contributed by atoms with Gasteiger partial charge in [0, 0.05) is 12.8 Å². The lowest BCUT2D eigenvalue weighted by molar-refractivity contribution is -0.870. The van der Waals surface area contributed by atoms with Crippen LogP contribution in [0.2, 0.25) is 0 Å². The number of carbonyl (C=O) groups is 2. The second-order valence-corrected chi connectivity index (χ2v) is 22.0. The van der Waals surface area contributed by atoms with Crippen molar-refractivity contribution in [3.8, 4) is 0 Å². The minimum atomic E-state index is -4.63. The summed E-state index contributed by atoms with van der Waals surface area (Å²) in [6.07, 6.45) is 75.8. The number of rotatable bonds is 53. The molecule has 0 spiro atoms. The summed E-state index contributed by atoms with van der Waals surface area (Å²) in [6.45, 7) is 4.10. The fourth-order valence-corrected chi connectivity index (χ4v) is 8.49. The molecule has 0 aliphatic carbocycles. The predicted molar refractivity (Wildman–Crippen MR) is 314 cm³/mol. The molecule has 0 bridgehead atoms. The molecule has 0 aromatic heterocycles. The molecule has 0 aromatic rings. The van der Waals surface area contributed by atoms with E-state index < -0.39 is 26.5 Å². The van der Waals surface area contributed by atoms with Crippen LogP contribution in [0.1, 0.15) is 232 Å². The van der Waals surface area contributed by atoms with Crippen LogP contribution in [0.15, 0.2) is 109 Å². The smallest absolute Gasteiger partial charge is 0.306 e. The zero-order valence-electron chi connectivity index (χ0n) is 48.0. The van der Waals surface area contributed by atoms with Crippen LogP contribution in [0.4, 0.5) is 0 Å². The van der Waals surface area contributed by atoms with Gasteiger partial charge >= 0.3 is 11.9 Å². The Labute approximate surface area is 455 Å². The van der Waals surface area contributed by atoms with Gasteiger partial charge in [-0.25, -0.2) is 0 Å². The van der Waals surface area contributed by atoms with E-state index in [0.717, 1.165) is 103 Å². The van der Waals surface area contributed by atoms with E-state index in [1.807, 2.05) is 21.1 Å². The van der Waals surface area contributed by atoms with Gasteiger partial charge in [-0.05, 0) is 83.5 Å². The average molecular weight is 1050 g/mol. The number of quaternary nitrogens is 1. The number of allylic oxidation sites excluding steroid dienone is 18. The van der Waals surface area contributed by atoms with Crippen LogP contribution in [0, 0.1) is 0 Å². The number of phosphoric ester groups is 1. The predicted octanol–water partition coefficient (Wildman–Crippen LogP) is 18.0. The van der Waals surface area contributed by atoms with Crippen molar-refractivity contribution >= 4 is 19.8 Å². The molecule has 424 valence electrons. The quantitative estimate of drug-likeness (QED) is 0.0195. The summed E-state index contributed by atoms with van der Waals surface area (Å²) in [7, 11) is 1.16. The van der Waals surface area contributed by atoms with E-state index in [0.29, 0.717) is 17.4 Å². The number of nitrogens with zero attached hydrogens (tertiary/aromatic N) is 1. The van der Waals surface area contributed by atoms with Gasteiger partial charge in [0.1, 0.15) is 19.8 Å². The molecule has 9 nitrogen and oxygen atoms in total. The molecule has 0 aliphatic heterocycles. The standard InChI is InChI=1S/C64H110NO8P/c1-6-8-10-12-14-16-18-19-20-21-22-23-24-25-26-27-28-29-30-31-32-33-34-35-36-37-38-39-40-41-42-43-44-45-47-49-51-53-55-57-64(67)73-62(61-72-74(68,69)71-59-58-65(3,4)5)60-70-63(66)56-54-52-50-48-46-17-15-13-11-9-7-2/h8,10,14,16,19-20,22-23,25-26,28-29,31-32,34-35,37-38,62H,6-7,9,11-13,15,17-18,21,24,27,30,33,36,39-61H2,1-5H3/b10-8-,16-14-,20-19-,23-22-,26-25-,29-28-,32-31-,35-34-,38-37-. The van der Waals surface area contributed by atoms with E-state index in [1.54, 1.807) is 0 Å². The fourth-order valence-electron chi connectivity index (χ4n) is 7.77. The van der Waals surface area contributed by atoms with E-state index in [1.165, 1.54) is 96.3 Å². The Kier molecular flexibility index (Phi) is 52.0. The molecule has 2 atom stereocenters. The highest BCUT2D eigenvalue weighted by atomic mass is 31.2. The van der Waals surface area contributed by atoms with Gasteiger partial charge in [-0.2, -0.15) is 0 Å². The van der Waals surface area contributed by atoms with Gasteiger partial charge in [-0.15, -0.1) is 0 Å². The lowest BCUT2D eigenvalue weighted by atomic mass is 10.0. The zero-order chi connectivity index (χ0) is 54.2. The van der Waals surface area contributed by atoms with Crippen LogP contribution in [-0.4, -0.2) is 70.0 Å². The molecule has 74 heavy (non-hydrogen) atoms. The lowest BCUT2D eigenvalue weighted by Gasteiger charge is -2.28. The maximum absolute atomic E-state index is 12.8. The summed E-state index contributed by atoms with van der Waals surface area (Å²) in [5, 5.41) is 0. The summed E-state index contributed by atoms with van der Waals surface area (Å²) in [6, 6.07) is 0. The number of ether oxygens (including phenoxy) is 2. The first-order valence-electron chi connectivity index (χ1n) is 29.6. The fraction of sp³-hybridized carbons (Fsp3) is 0.688. The number of likely N-dealkylation sites (N-methyl/N-ethyl adjacent to an activating group) is 1. The molecule has 0 radical (unpaired) electrons. The van der Waals surface area contributed by atoms with Crippen LogP contribution in [0.5, 0.6) is 0 Å². The highest BCUT2D eigenvalue weighted by Gasteiger charge is 2.22. The van der Waals surface area contributed by atoms with Crippen molar-refractivity contribution in [1.29, 1.82) is 0 Å². The summed E-state index contributed by atoms with van der Waals surface area (Å²) >= 11 is 0. The number of hydrogen-bond acceptors (Lipinski definition) is 8. The van der Waals surface area contributed by atoms with Gasteiger partial charge in [-0.3, -0.25) is 14.2 Å². The first kappa shape index (κ1) is 70.7. The Bertz CT molecular complexity index is 1620. The molecule has 0 heterocycles. The lowest BCUT2D eigenvalue weighted by Crippen LogP contribution is -2.37. The van der Waals surface area contributed by atoms with Crippen molar-refractivity contribution in [1.82, 2.24) is 0 Å². The van der Waals surface area contributed by atoms with Gasteiger partial charge in [0.05, 0.1) is 27.7 Å². The van der Waals surface area contributed by atoms with E-state index in [2.05, 4.69) is 123 Å². The first-order valence-corrected chi connectivity index (χ1v) is 31.1. The van der Waals surface area contributed by atoms with Crippen LogP contribution in [-0.2, 0) is 32.7 Å². The number of phosphoric acid groups is 1. The van der Waals surface area contributed by atoms with Crippen LogP contribution < -0.4 is 4.89 Å². The van der Waals surface area contributed by atoms with Crippen molar-refractivity contribution in [3.63, 3.8) is 0 Å². The second-order valence-electron chi connectivity index (χ2n) is 20.6. The van der Waals surface area contributed by atoms with Crippen molar-refractivity contribution in [2.75, 3.05) is 47.5 Å². The van der Waals surface area contributed by atoms with Crippen LogP contribution >= 0.6 is 7.82 Å². The molecule has 0 rings (SSSR count). The molecule has 0 fully saturated rings. The SMILES string of the molecule is CC/C=C\C/C=C\C/C=C\C/C=C\C/C=C\C/C=C\C/C=C\C/C=C\C/C=C\CCCCCCCCCCCCCC(=O)OC(COC(=O)CCCCCCCCCCCCC)COP(=O)([O-])OCC[N+](C)(C)C. The minimum Gasteiger partial charge on any atom is -0.756 e. The third kappa shape index (κ3) is 57.9.